The van der Waals surface area contributed by atoms with Gasteiger partial charge in [0, 0.05) is 48.5 Å². The van der Waals surface area contributed by atoms with E-state index in [2.05, 4.69) is 237 Å². The fourth-order valence-corrected chi connectivity index (χ4v) is 12.6. The van der Waals surface area contributed by atoms with Crippen molar-refractivity contribution in [1.29, 1.82) is 10.5 Å². The van der Waals surface area contributed by atoms with Crippen LogP contribution in [0.4, 0.5) is 0 Å². The van der Waals surface area contributed by atoms with E-state index >= 15 is 0 Å². The lowest BCUT2D eigenvalue weighted by molar-refractivity contribution is 0.673. The molecule has 0 unspecified atom stereocenters. The second kappa shape index (κ2) is 15.5. The number of hydrogen-bond donors (Lipinski definition) is 0. The molecule has 0 spiro atoms. The van der Waals surface area contributed by atoms with Gasteiger partial charge in [0.25, 0.3) is 0 Å². The van der Waals surface area contributed by atoms with Crippen LogP contribution in [0.3, 0.4) is 0 Å². The molecule has 5 aromatic heterocycles. The summed E-state index contributed by atoms with van der Waals surface area (Å²) in [6.07, 6.45) is 0. The maximum Gasteiger partial charge on any atom is 0.145 e. The first-order valence-corrected chi connectivity index (χ1v) is 25.1. The molecule has 5 heterocycles. The van der Waals surface area contributed by atoms with Crippen LogP contribution in [0.2, 0.25) is 0 Å². The van der Waals surface area contributed by atoms with E-state index in [0.29, 0.717) is 33.9 Å². The molecule has 75 heavy (non-hydrogen) atoms. The van der Waals surface area contributed by atoms with Gasteiger partial charge in [0.1, 0.15) is 34.4 Å². The smallest absolute Gasteiger partial charge is 0.145 e. The van der Waals surface area contributed by atoms with Gasteiger partial charge < -0.3 is 22.7 Å². The monoisotopic (exact) mass is 954 g/mol. The Labute approximate surface area is 428 Å². The van der Waals surface area contributed by atoms with E-state index in [1.54, 1.807) is 0 Å². The number of aromatic nitrogens is 4. The molecule has 7 nitrogen and oxygen atoms in total. The van der Waals surface area contributed by atoms with Crippen LogP contribution in [0.5, 0.6) is 0 Å². The molecule has 0 saturated heterocycles. The normalized spacial score (nSPS) is 12.0. The van der Waals surface area contributed by atoms with Crippen LogP contribution in [-0.2, 0) is 0 Å². The van der Waals surface area contributed by atoms with E-state index in [1.165, 1.54) is 0 Å². The summed E-state index contributed by atoms with van der Waals surface area (Å²) in [6, 6.07) is 85.8. The molecule has 0 fully saturated rings. The Bertz CT molecular complexity index is 5060. The summed E-state index contributed by atoms with van der Waals surface area (Å²) in [5.74, 6) is 0. The van der Waals surface area contributed by atoms with Gasteiger partial charge in [-0.2, -0.15) is 10.5 Å². The van der Waals surface area contributed by atoms with E-state index in [0.717, 1.165) is 120 Å². The highest BCUT2D eigenvalue weighted by Gasteiger charge is 2.35. The van der Waals surface area contributed by atoms with Gasteiger partial charge in [0.05, 0.1) is 72.3 Å². The summed E-state index contributed by atoms with van der Waals surface area (Å²) in [5.41, 5.74) is 14.0. The van der Waals surface area contributed by atoms with E-state index < -0.39 is 0 Å². The van der Waals surface area contributed by atoms with Gasteiger partial charge >= 0.3 is 0 Å². The fraction of sp³-hybridized carbons (Fsp3) is 0. The zero-order valence-corrected chi connectivity index (χ0v) is 40.0. The minimum Gasteiger partial charge on any atom is -0.455 e. The number of nitriles is 2. The molecule has 0 aliphatic heterocycles. The average Bonchev–Trinajstić information content (AvgIpc) is 4.33. The molecule has 0 amide bonds. The molecule has 11 aromatic carbocycles. The SMILES string of the molecule is N#Cc1c(-n2c3ccccc3c3ccccc32)c(-n2c3ccccc3c3ccccc32)c(C#N)c(-n2c3ccc(-c4ccccc4)cc3c3c4oc5ccccc5c4ccc32)c1-n1c2ccccc2c2ccccc21. The van der Waals surface area contributed by atoms with Gasteiger partial charge in [0.2, 0.25) is 0 Å². The lowest BCUT2D eigenvalue weighted by Gasteiger charge is -2.27. The van der Waals surface area contributed by atoms with Crippen molar-refractivity contribution in [3.63, 3.8) is 0 Å². The number of benzene rings is 11. The maximum atomic E-state index is 12.7. The topological polar surface area (TPSA) is 80.4 Å². The Hall–Kier alpha value is -10.6. The van der Waals surface area contributed by atoms with Crippen molar-refractivity contribution in [3.05, 3.63) is 242 Å². The second-order valence-electron chi connectivity index (χ2n) is 19.3. The first-order valence-electron chi connectivity index (χ1n) is 25.1. The molecular formula is C68H38N6O. The summed E-state index contributed by atoms with van der Waals surface area (Å²) in [5, 5.41) is 35.5. The zero-order valence-electron chi connectivity index (χ0n) is 40.0. The molecule has 0 bridgehead atoms. The van der Waals surface area contributed by atoms with Crippen LogP contribution in [0.25, 0.3) is 143 Å². The third-order valence-electron chi connectivity index (χ3n) is 15.6. The Morgan fingerprint density at radius 1 is 0.280 bits per heavy atom. The van der Waals surface area contributed by atoms with Gasteiger partial charge in [-0.3, -0.25) is 0 Å². The zero-order chi connectivity index (χ0) is 49.5. The van der Waals surface area contributed by atoms with Gasteiger partial charge in [-0.05, 0) is 77.9 Å². The van der Waals surface area contributed by atoms with Crippen molar-refractivity contribution in [3.8, 4) is 46.0 Å². The summed E-state index contributed by atoms with van der Waals surface area (Å²) >= 11 is 0. The molecule has 0 aliphatic carbocycles. The standard InChI is InChI=1S/C68H38N6O/c69-39-52-64(71-54-27-11-4-20-43(54)44-21-5-12-28-55(44)71)65(72-56-29-13-6-22-45(56)46-23-7-14-30-57(46)72)53(40-70)67(66(52)73-58-31-15-8-24-47(58)48-25-9-16-32-59(48)73)74-60-36-34-42(41-18-2-1-3-19-41)38-51(60)63-61(74)37-35-50-49-26-10-17-33-62(49)75-68(50)63/h1-38H. The minimum atomic E-state index is 0.393. The fourth-order valence-electron chi connectivity index (χ4n) is 12.6. The predicted molar refractivity (Wildman–Crippen MR) is 306 cm³/mol. The number of para-hydroxylation sites is 7. The summed E-state index contributed by atoms with van der Waals surface area (Å²) in [4.78, 5) is 0. The van der Waals surface area contributed by atoms with E-state index in [-0.39, 0.29) is 0 Å². The van der Waals surface area contributed by atoms with Crippen molar-refractivity contribution in [2.45, 2.75) is 0 Å². The average molecular weight is 955 g/mol. The highest BCUT2D eigenvalue weighted by atomic mass is 16.3. The number of rotatable bonds is 5. The van der Waals surface area contributed by atoms with Crippen molar-refractivity contribution in [1.82, 2.24) is 18.3 Å². The summed E-state index contributed by atoms with van der Waals surface area (Å²) in [7, 11) is 0. The Balaban J connectivity index is 1.21. The van der Waals surface area contributed by atoms with Crippen LogP contribution in [0, 0.1) is 22.7 Å². The number of furan rings is 1. The predicted octanol–water partition coefficient (Wildman–Crippen LogP) is 17.4. The highest BCUT2D eigenvalue weighted by Crippen LogP contribution is 2.50. The lowest BCUT2D eigenvalue weighted by Crippen LogP contribution is -2.16. The van der Waals surface area contributed by atoms with Gasteiger partial charge in [0.15, 0.2) is 0 Å². The second-order valence-corrected chi connectivity index (χ2v) is 19.3. The van der Waals surface area contributed by atoms with E-state index in [9.17, 15) is 10.5 Å². The van der Waals surface area contributed by atoms with Crippen LogP contribution in [0.1, 0.15) is 11.1 Å². The van der Waals surface area contributed by atoms with Crippen LogP contribution < -0.4 is 0 Å². The van der Waals surface area contributed by atoms with Gasteiger partial charge in [-0.15, -0.1) is 0 Å². The van der Waals surface area contributed by atoms with E-state index in [4.69, 9.17) is 4.42 Å². The first kappa shape index (κ1) is 41.1. The maximum absolute atomic E-state index is 12.7. The molecular weight excluding hydrogens is 917 g/mol. The van der Waals surface area contributed by atoms with Gasteiger partial charge in [-0.1, -0.05) is 164 Å². The first-order chi connectivity index (χ1) is 37.2. The van der Waals surface area contributed by atoms with Crippen molar-refractivity contribution < 1.29 is 4.42 Å². The third-order valence-corrected chi connectivity index (χ3v) is 15.6. The molecule has 7 heteroatoms. The van der Waals surface area contributed by atoms with E-state index in [1.807, 2.05) is 24.3 Å². The van der Waals surface area contributed by atoms with Crippen molar-refractivity contribution in [2.75, 3.05) is 0 Å². The minimum absolute atomic E-state index is 0.393. The quantitative estimate of drug-likeness (QED) is 0.172. The number of fused-ring (bicyclic) bond motifs is 16. The molecule has 0 aliphatic rings. The summed E-state index contributed by atoms with van der Waals surface area (Å²) in [6.45, 7) is 0. The molecule has 16 aromatic rings. The largest absolute Gasteiger partial charge is 0.455 e. The summed E-state index contributed by atoms with van der Waals surface area (Å²) < 4.78 is 15.9. The Morgan fingerprint density at radius 3 is 1.05 bits per heavy atom. The molecule has 0 radical (unpaired) electrons. The van der Waals surface area contributed by atoms with Crippen molar-refractivity contribution in [2.24, 2.45) is 0 Å². The Kier molecular flexibility index (Phi) is 8.46. The third kappa shape index (κ3) is 5.50. The number of nitrogens with zero attached hydrogens (tertiary/aromatic N) is 6. The molecule has 0 N–H and O–H groups in total. The Morgan fingerprint density at radius 2 is 0.627 bits per heavy atom. The molecule has 346 valence electrons. The highest BCUT2D eigenvalue weighted by molar-refractivity contribution is 6.25. The number of hydrogen-bond acceptors (Lipinski definition) is 3. The van der Waals surface area contributed by atoms with Crippen LogP contribution in [-0.4, -0.2) is 18.3 Å². The molecule has 0 atom stereocenters. The van der Waals surface area contributed by atoms with Crippen LogP contribution in [0.15, 0.2) is 235 Å². The molecule has 16 rings (SSSR count). The lowest BCUT2D eigenvalue weighted by atomic mass is 9.98. The molecule has 0 saturated carbocycles. The van der Waals surface area contributed by atoms with Crippen LogP contribution >= 0.6 is 0 Å². The van der Waals surface area contributed by atoms with Crippen molar-refractivity contribution >= 4 is 109 Å². The van der Waals surface area contributed by atoms with Gasteiger partial charge in [-0.25, -0.2) is 0 Å².